The van der Waals surface area contributed by atoms with Gasteiger partial charge in [-0.2, -0.15) is 0 Å². The van der Waals surface area contributed by atoms with Crippen molar-refractivity contribution < 1.29 is 9.53 Å². The van der Waals surface area contributed by atoms with Crippen molar-refractivity contribution in [1.29, 1.82) is 0 Å². The molecule has 144 valence electrons. The Morgan fingerprint density at radius 3 is 2.88 bits per heavy atom. The number of benzene rings is 1. The number of nitrogens with one attached hydrogen (secondary N) is 1. The van der Waals surface area contributed by atoms with Gasteiger partial charge in [0.05, 0.1) is 0 Å². The fourth-order valence-corrected chi connectivity index (χ4v) is 7.15. The molecule has 1 aromatic rings. The highest BCUT2D eigenvalue weighted by Crippen LogP contribution is 2.40. The Bertz CT molecular complexity index is 587. The highest BCUT2D eigenvalue weighted by Gasteiger charge is 2.34. The third-order valence-electron chi connectivity index (χ3n) is 5.42. The topological polar surface area (TPSA) is 38.3 Å². The highest BCUT2D eigenvalue weighted by atomic mass is 79.9. The fourth-order valence-electron chi connectivity index (χ4n) is 3.73. The molecule has 0 spiro atoms. The summed E-state index contributed by atoms with van der Waals surface area (Å²) in [5.74, 6) is 1.48. The lowest BCUT2D eigenvalue weighted by Crippen LogP contribution is -2.44. The maximum Gasteiger partial charge on any atom is 0.220 e. The van der Waals surface area contributed by atoms with Crippen LogP contribution in [0.15, 0.2) is 28.7 Å². The van der Waals surface area contributed by atoms with E-state index in [0.717, 1.165) is 48.6 Å². The van der Waals surface area contributed by atoms with Crippen LogP contribution in [0.25, 0.3) is 0 Å². The second-order valence-corrected chi connectivity index (χ2v) is 11.0. The van der Waals surface area contributed by atoms with Crippen LogP contribution in [0.4, 0.5) is 0 Å². The van der Waals surface area contributed by atoms with E-state index in [4.69, 9.17) is 4.74 Å². The highest BCUT2D eigenvalue weighted by molar-refractivity contribution is 9.10. The van der Waals surface area contributed by atoms with Crippen LogP contribution in [0, 0.1) is 0 Å². The molecule has 2 saturated heterocycles. The van der Waals surface area contributed by atoms with Gasteiger partial charge >= 0.3 is 0 Å². The predicted octanol–water partition coefficient (Wildman–Crippen LogP) is 5.33. The van der Waals surface area contributed by atoms with Gasteiger partial charge in [-0.1, -0.05) is 56.1 Å². The zero-order chi connectivity index (χ0) is 18.2. The lowest BCUT2D eigenvalue weighted by molar-refractivity contribution is -0.121. The van der Waals surface area contributed by atoms with Gasteiger partial charge in [0, 0.05) is 47.1 Å². The van der Waals surface area contributed by atoms with Crippen LogP contribution in [0.5, 0.6) is 0 Å². The molecule has 0 aromatic heterocycles. The lowest BCUT2D eigenvalue weighted by Gasteiger charge is -2.38. The van der Waals surface area contributed by atoms with Crippen molar-refractivity contribution in [2.45, 2.75) is 55.6 Å². The average molecular weight is 458 g/mol. The summed E-state index contributed by atoms with van der Waals surface area (Å²) in [6.07, 6.45) is 7.32. The molecule has 3 rings (SSSR count). The summed E-state index contributed by atoms with van der Waals surface area (Å²) < 4.78 is 6.68. The first kappa shape index (κ1) is 20.6. The summed E-state index contributed by atoms with van der Waals surface area (Å²) in [5.41, 5.74) is 1.29. The van der Waals surface area contributed by atoms with Crippen molar-refractivity contribution in [3.63, 3.8) is 0 Å². The summed E-state index contributed by atoms with van der Waals surface area (Å²) >= 11 is 3.58. The molecule has 2 heterocycles. The van der Waals surface area contributed by atoms with E-state index in [1.807, 2.05) is 21.6 Å². The zero-order valence-corrected chi connectivity index (χ0v) is 18.4. The normalized spacial score (nSPS) is 22.3. The average Bonchev–Trinajstić information content (AvgIpc) is 3.18. The first-order valence-corrected chi connectivity index (χ1v) is 12.7. The van der Waals surface area contributed by atoms with Gasteiger partial charge < -0.3 is 10.1 Å². The number of halogens is 1. The van der Waals surface area contributed by atoms with Gasteiger partial charge in [-0.25, -0.2) is 0 Å². The Labute approximate surface area is 173 Å². The number of hydrogen-bond acceptors (Lipinski definition) is 4. The third kappa shape index (κ3) is 5.91. The molecule has 2 fully saturated rings. The van der Waals surface area contributed by atoms with Crippen LogP contribution in [0.2, 0.25) is 0 Å². The minimum atomic E-state index is -0.00456. The smallest absolute Gasteiger partial charge is 0.220 e. The summed E-state index contributed by atoms with van der Waals surface area (Å²) in [6, 6.07) is 8.50. The number of rotatable bonds is 8. The van der Waals surface area contributed by atoms with E-state index < -0.39 is 0 Å². The largest absolute Gasteiger partial charge is 0.381 e. The maximum atomic E-state index is 12.4. The molecular weight excluding hydrogens is 430 g/mol. The van der Waals surface area contributed by atoms with E-state index in [1.54, 1.807) is 0 Å². The monoisotopic (exact) mass is 457 g/mol. The molecule has 1 aromatic carbocycles. The standard InChI is InChI=1S/C20H28BrNO2S2/c21-17-5-3-4-16(14-17)20(9-11-24-12-10-20)15-22-19(23)7-2-1-6-18-8-13-25-26-18/h3-5,14,18H,1-2,6-13,15H2,(H,22,23). The van der Waals surface area contributed by atoms with E-state index in [0.29, 0.717) is 13.0 Å². The molecule has 1 amide bonds. The van der Waals surface area contributed by atoms with Gasteiger partial charge in [0.15, 0.2) is 0 Å². The van der Waals surface area contributed by atoms with Gasteiger partial charge in [0.1, 0.15) is 0 Å². The van der Waals surface area contributed by atoms with E-state index in [2.05, 4.69) is 45.5 Å². The van der Waals surface area contributed by atoms with E-state index >= 15 is 0 Å². The first-order chi connectivity index (χ1) is 12.7. The number of carbonyl (C=O) groups excluding carboxylic acids is 1. The fraction of sp³-hybridized carbons (Fsp3) is 0.650. The zero-order valence-electron chi connectivity index (χ0n) is 15.2. The number of carbonyl (C=O) groups is 1. The Hall–Kier alpha value is -0.170. The molecule has 1 unspecified atom stereocenters. The molecule has 0 radical (unpaired) electrons. The molecule has 0 bridgehead atoms. The summed E-state index contributed by atoms with van der Waals surface area (Å²) in [5, 5.41) is 4.03. The van der Waals surface area contributed by atoms with Crippen LogP contribution >= 0.6 is 37.5 Å². The molecule has 0 aliphatic carbocycles. The van der Waals surface area contributed by atoms with Crippen LogP contribution in [0.1, 0.15) is 50.5 Å². The molecule has 0 saturated carbocycles. The number of unbranched alkanes of at least 4 members (excludes halogenated alkanes) is 1. The summed E-state index contributed by atoms with van der Waals surface area (Å²) in [7, 11) is 4.02. The number of hydrogen-bond donors (Lipinski definition) is 1. The predicted molar refractivity (Wildman–Crippen MR) is 116 cm³/mol. The molecule has 3 nitrogen and oxygen atoms in total. The van der Waals surface area contributed by atoms with E-state index in [-0.39, 0.29) is 11.3 Å². The van der Waals surface area contributed by atoms with Crippen molar-refractivity contribution in [2.24, 2.45) is 0 Å². The minimum Gasteiger partial charge on any atom is -0.381 e. The molecule has 26 heavy (non-hydrogen) atoms. The van der Waals surface area contributed by atoms with Crippen LogP contribution in [-0.4, -0.2) is 36.7 Å². The first-order valence-electron chi connectivity index (χ1n) is 9.57. The molecular formula is C20H28BrNO2S2. The minimum absolute atomic E-state index is 0.00456. The third-order valence-corrected chi connectivity index (χ3v) is 8.92. The Kier molecular flexibility index (Phi) is 8.22. The van der Waals surface area contributed by atoms with Crippen molar-refractivity contribution in [2.75, 3.05) is 25.5 Å². The van der Waals surface area contributed by atoms with Crippen molar-refractivity contribution >= 4 is 43.4 Å². The Balaban J connectivity index is 1.47. The molecule has 6 heteroatoms. The van der Waals surface area contributed by atoms with Crippen LogP contribution in [0.3, 0.4) is 0 Å². The lowest BCUT2D eigenvalue weighted by atomic mass is 9.74. The second-order valence-electron chi connectivity index (χ2n) is 7.25. The summed E-state index contributed by atoms with van der Waals surface area (Å²) in [6.45, 7) is 2.24. The van der Waals surface area contributed by atoms with Crippen molar-refractivity contribution in [3.05, 3.63) is 34.3 Å². The van der Waals surface area contributed by atoms with Gasteiger partial charge in [-0.3, -0.25) is 4.79 Å². The molecule has 1 atom stereocenters. The number of ether oxygens (including phenoxy) is 1. The second kappa shape index (κ2) is 10.4. The SMILES string of the molecule is O=C(CCCCC1CCSS1)NCC1(c2cccc(Br)c2)CCOCC1. The van der Waals surface area contributed by atoms with Gasteiger partial charge in [-0.15, -0.1) is 0 Å². The Morgan fingerprint density at radius 1 is 1.31 bits per heavy atom. The van der Waals surface area contributed by atoms with E-state index in [9.17, 15) is 4.79 Å². The maximum absolute atomic E-state index is 12.4. The quantitative estimate of drug-likeness (QED) is 0.422. The molecule has 1 N–H and O–H groups in total. The molecule has 2 aliphatic rings. The number of amides is 1. The Morgan fingerprint density at radius 2 is 2.15 bits per heavy atom. The van der Waals surface area contributed by atoms with Gasteiger partial charge in [-0.05, 0) is 49.8 Å². The van der Waals surface area contributed by atoms with Gasteiger partial charge in [0.2, 0.25) is 5.91 Å². The van der Waals surface area contributed by atoms with E-state index in [1.165, 1.54) is 24.2 Å². The van der Waals surface area contributed by atoms with Crippen LogP contribution in [-0.2, 0) is 14.9 Å². The van der Waals surface area contributed by atoms with Crippen molar-refractivity contribution in [3.8, 4) is 0 Å². The van der Waals surface area contributed by atoms with Gasteiger partial charge in [0.25, 0.3) is 0 Å². The van der Waals surface area contributed by atoms with Crippen molar-refractivity contribution in [1.82, 2.24) is 5.32 Å². The summed E-state index contributed by atoms with van der Waals surface area (Å²) in [4.78, 5) is 12.4. The van der Waals surface area contributed by atoms with Crippen LogP contribution < -0.4 is 5.32 Å². The molecule has 2 aliphatic heterocycles.